The number of benzene rings is 3. The maximum Gasteiger partial charge on any atom is 0.344 e. The minimum Gasteiger partial charge on any atom is -0.493 e. The Kier molecular flexibility index (Phi) is 9.03. The number of fused-ring (bicyclic) bond motifs is 3. The molecule has 0 spiro atoms. The van der Waals surface area contributed by atoms with E-state index in [9.17, 15) is 18.0 Å². The zero-order valence-electron chi connectivity index (χ0n) is 25.4. The van der Waals surface area contributed by atoms with Crippen molar-refractivity contribution >= 4 is 45.0 Å². The fraction of sp³-hybridized carbons (Fsp3) is 0.303. The number of carbonyl (C=O) groups is 2. The predicted molar refractivity (Wildman–Crippen MR) is 175 cm³/mol. The van der Waals surface area contributed by atoms with Crippen molar-refractivity contribution in [3.63, 3.8) is 0 Å². The lowest BCUT2D eigenvalue weighted by Gasteiger charge is -2.30. The lowest BCUT2D eigenvalue weighted by atomic mass is 9.92. The van der Waals surface area contributed by atoms with Crippen molar-refractivity contribution in [3.8, 4) is 16.9 Å². The number of nitrogens with one attached hydrogen (secondary N) is 2. The van der Waals surface area contributed by atoms with Crippen LogP contribution >= 0.6 is 11.6 Å². The van der Waals surface area contributed by atoms with Crippen molar-refractivity contribution in [2.75, 3.05) is 29.6 Å². The van der Waals surface area contributed by atoms with Gasteiger partial charge in [0.25, 0.3) is 10.1 Å². The summed E-state index contributed by atoms with van der Waals surface area (Å²) in [7, 11) is -3.82. The molecule has 1 aliphatic carbocycles. The summed E-state index contributed by atoms with van der Waals surface area (Å²) in [6.07, 6.45) is 6.70. The van der Waals surface area contributed by atoms with E-state index in [1.54, 1.807) is 18.2 Å². The van der Waals surface area contributed by atoms with E-state index in [0.29, 0.717) is 48.5 Å². The van der Waals surface area contributed by atoms with Gasteiger partial charge in [0.15, 0.2) is 0 Å². The van der Waals surface area contributed by atoms with E-state index in [2.05, 4.69) is 20.8 Å². The summed E-state index contributed by atoms with van der Waals surface area (Å²) in [5, 5.41) is 7.79. The van der Waals surface area contributed by atoms with Crippen molar-refractivity contribution < 1.29 is 27.0 Å². The van der Waals surface area contributed by atoms with E-state index in [4.69, 9.17) is 16.3 Å². The monoisotopic (exact) mass is 663 g/mol. The van der Waals surface area contributed by atoms with Gasteiger partial charge in [-0.15, -0.1) is 4.28 Å². The Bertz CT molecular complexity index is 1890. The lowest BCUT2D eigenvalue weighted by molar-refractivity contribution is -0.119. The fourth-order valence-corrected chi connectivity index (χ4v) is 6.27. The molecule has 4 aromatic rings. The van der Waals surface area contributed by atoms with Gasteiger partial charge in [0.2, 0.25) is 5.91 Å². The van der Waals surface area contributed by atoms with Crippen LogP contribution in [0.2, 0.25) is 5.02 Å². The normalized spacial score (nSPS) is 16.7. The van der Waals surface area contributed by atoms with E-state index < -0.39 is 16.1 Å². The summed E-state index contributed by atoms with van der Waals surface area (Å²) in [6.45, 7) is 3.53. The second-order valence-corrected chi connectivity index (χ2v) is 13.6. The van der Waals surface area contributed by atoms with Crippen LogP contribution in [0.15, 0.2) is 73.1 Å². The van der Waals surface area contributed by atoms with Gasteiger partial charge >= 0.3 is 6.03 Å². The molecule has 11 nitrogen and oxygen atoms in total. The molecule has 1 fully saturated rings. The minimum absolute atomic E-state index is 0.0934. The summed E-state index contributed by atoms with van der Waals surface area (Å²) in [6, 6.07) is 18.0. The molecule has 1 saturated carbocycles. The van der Waals surface area contributed by atoms with Gasteiger partial charge in [-0.3, -0.25) is 9.48 Å². The molecule has 2 atom stereocenters. The van der Waals surface area contributed by atoms with Crippen LogP contribution in [0.5, 0.6) is 5.75 Å². The minimum atomic E-state index is -3.82. The maximum absolute atomic E-state index is 13.5. The molecule has 13 heteroatoms. The predicted octanol–water partition coefficient (Wildman–Crippen LogP) is 5.88. The first kappa shape index (κ1) is 31.6. The third-order valence-corrected chi connectivity index (χ3v) is 8.95. The second kappa shape index (κ2) is 13.1. The molecular weight excluding hydrogens is 630 g/mol. The van der Waals surface area contributed by atoms with Crippen LogP contribution in [0.3, 0.4) is 0 Å². The Hall–Kier alpha value is -4.39. The topological polar surface area (TPSA) is 132 Å². The first-order valence-electron chi connectivity index (χ1n) is 14.9. The summed E-state index contributed by atoms with van der Waals surface area (Å²) < 4.78 is 34.2. The summed E-state index contributed by atoms with van der Waals surface area (Å²) >= 11 is 6.20. The van der Waals surface area contributed by atoms with Crippen LogP contribution in [0.1, 0.15) is 41.9 Å². The van der Waals surface area contributed by atoms with Crippen molar-refractivity contribution in [1.82, 2.24) is 15.3 Å². The molecule has 2 aliphatic rings. The Labute approximate surface area is 272 Å². The second-order valence-electron chi connectivity index (χ2n) is 11.6. The number of hydroxylamine groups is 1. The van der Waals surface area contributed by atoms with E-state index in [0.717, 1.165) is 52.9 Å². The first-order chi connectivity index (χ1) is 22.1. The van der Waals surface area contributed by atoms with Crippen molar-refractivity contribution in [2.45, 2.75) is 38.6 Å². The number of anilines is 2. The molecule has 0 unspecified atom stereocenters. The number of urea groups is 1. The molecule has 2 N–H and O–H groups in total. The standard InChI is InChI=1S/C33H34ClN5O6S/c1-21-28(34)10-5-12-30(21)44-14-6-13-31(40)39-20-23-16-27(23)32-26(9-4-11-29(32)39)24-17-35-38(19-24)18-22-7-3-8-25(15-22)36-33(41)37-45-46(2,42)43/h3-5,7-12,15,17,19,23,27H,6,13-14,16,18,20H2,1-2H3,(H2,36,37,41)/t23-,27-/m0/s1. The van der Waals surface area contributed by atoms with E-state index in [1.807, 2.05) is 70.8 Å². The molecule has 1 aliphatic heterocycles. The Morgan fingerprint density at radius 3 is 2.74 bits per heavy atom. The smallest absolute Gasteiger partial charge is 0.344 e. The van der Waals surface area contributed by atoms with Crippen LogP contribution < -0.4 is 20.4 Å². The van der Waals surface area contributed by atoms with Crippen molar-refractivity contribution in [3.05, 3.63) is 94.8 Å². The molecule has 240 valence electrons. The zero-order valence-corrected chi connectivity index (χ0v) is 27.0. The van der Waals surface area contributed by atoms with Gasteiger partial charge in [0.1, 0.15) is 5.75 Å². The summed E-state index contributed by atoms with van der Waals surface area (Å²) in [4.78, 5) is 27.4. The molecule has 0 bridgehead atoms. The van der Waals surface area contributed by atoms with Crippen LogP contribution in [-0.4, -0.2) is 49.5 Å². The molecular formula is C33H34ClN5O6S. The number of aromatic nitrogens is 2. The first-order valence-corrected chi connectivity index (χ1v) is 17.1. The van der Waals surface area contributed by atoms with Gasteiger partial charge in [-0.25, -0.2) is 4.79 Å². The average molecular weight is 664 g/mol. The number of halogens is 1. The maximum atomic E-state index is 13.5. The summed E-state index contributed by atoms with van der Waals surface area (Å²) in [5.74, 6) is 1.71. The third kappa shape index (κ3) is 7.35. The lowest BCUT2D eigenvalue weighted by Crippen LogP contribution is -2.36. The van der Waals surface area contributed by atoms with E-state index >= 15 is 0 Å². The van der Waals surface area contributed by atoms with Crippen LogP contribution in [-0.2, 0) is 25.7 Å². The number of hydrogen-bond donors (Lipinski definition) is 2. The number of rotatable bonds is 11. The quantitative estimate of drug-likeness (QED) is 0.151. The fourth-order valence-electron chi connectivity index (χ4n) is 5.88. The van der Waals surface area contributed by atoms with Gasteiger partial charge in [0, 0.05) is 46.7 Å². The van der Waals surface area contributed by atoms with Crippen LogP contribution in [0.4, 0.5) is 16.2 Å². The SMILES string of the molecule is Cc1c(Cl)cccc1OCCCC(=O)N1C[C@@H]2C[C@@H]2c2c(-c3cnn(Cc4cccc(NC(=O)NOS(C)(=O)=O)c4)c3)cccc21. The molecule has 6 rings (SSSR count). The molecule has 2 heterocycles. The Balaban J connectivity index is 1.11. The molecule has 0 saturated heterocycles. The van der Waals surface area contributed by atoms with Crippen molar-refractivity contribution in [1.29, 1.82) is 0 Å². The van der Waals surface area contributed by atoms with Crippen molar-refractivity contribution in [2.24, 2.45) is 5.92 Å². The highest BCUT2D eigenvalue weighted by atomic mass is 35.5. The third-order valence-electron chi connectivity index (χ3n) is 8.16. The van der Waals surface area contributed by atoms with Gasteiger partial charge in [-0.1, -0.05) is 41.9 Å². The Morgan fingerprint density at radius 2 is 1.91 bits per heavy atom. The molecule has 3 amide bonds. The largest absolute Gasteiger partial charge is 0.493 e. The molecule has 46 heavy (non-hydrogen) atoms. The average Bonchev–Trinajstić information content (AvgIpc) is 3.67. The van der Waals surface area contributed by atoms with E-state index in [-0.39, 0.29) is 5.91 Å². The van der Waals surface area contributed by atoms with Gasteiger partial charge in [-0.2, -0.15) is 19.0 Å². The number of hydrogen-bond acceptors (Lipinski definition) is 7. The number of nitrogens with zero attached hydrogens (tertiary/aromatic N) is 3. The van der Waals surface area contributed by atoms with Gasteiger partial charge in [0.05, 0.1) is 25.6 Å². The Morgan fingerprint density at radius 1 is 1.11 bits per heavy atom. The zero-order chi connectivity index (χ0) is 32.4. The highest BCUT2D eigenvalue weighted by Crippen LogP contribution is 2.57. The van der Waals surface area contributed by atoms with E-state index in [1.165, 1.54) is 5.56 Å². The molecule has 3 aromatic carbocycles. The van der Waals surface area contributed by atoms with Crippen LogP contribution in [0, 0.1) is 12.8 Å². The highest BCUT2D eigenvalue weighted by molar-refractivity contribution is 7.85. The molecule has 0 radical (unpaired) electrons. The number of amides is 3. The highest BCUT2D eigenvalue weighted by Gasteiger charge is 2.47. The summed E-state index contributed by atoms with van der Waals surface area (Å²) in [5.41, 5.74) is 8.28. The van der Waals surface area contributed by atoms with Gasteiger partial charge < -0.3 is 15.0 Å². The van der Waals surface area contributed by atoms with Gasteiger partial charge in [-0.05, 0) is 78.6 Å². The number of ether oxygens (including phenoxy) is 1. The number of carbonyl (C=O) groups excluding carboxylic acids is 2. The molecule has 1 aromatic heterocycles. The van der Waals surface area contributed by atoms with Crippen LogP contribution in [0.25, 0.3) is 11.1 Å².